The molecule has 7 heteroatoms. The van der Waals surface area contributed by atoms with Crippen molar-refractivity contribution >= 4 is 33.6 Å². The summed E-state index contributed by atoms with van der Waals surface area (Å²) in [6.45, 7) is 6.23. The third-order valence-corrected chi connectivity index (χ3v) is 5.62. The summed E-state index contributed by atoms with van der Waals surface area (Å²) in [5.41, 5.74) is 7.62. The Morgan fingerprint density at radius 3 is 2.87 bits per heavy atom. The maximum Gasteiger partial charge on any atom is 0.341 e. The molecule has 0 spiro atoms. The second-order valence-electron chi connectivity index (χ2n) is 5.23. The maximum atomic E-state index is 12.4. The molecule has 0 saturated carbocycles. The van der Waals surface area contributed by atoms with Crippen LogP contribution in [0.5, 0.6) is 0 Å². The molecule has 1 aliphatic heterocycles. The Morgan fingerprint density at radius 1 is 1.43 bits per heavy atom. The van der Waals surface area contributed by atoms with Crippen LogP contribution in [0.4, 0.5) is 5.00 Å². The number of nitrogens with zero attached hydrogens (tertiary/aromatic N) is 1. The van der Waals surface area contributed by atoms with Gasteiger partial charge in [0.05, 0.1) is 19.8 Å². The highest BCUT2D eigenvalue weighted by Crippen LogP contribution is 2.41. The molecule has 1 saturated heterocycles. The zero-order chi connectivity index (χ0) is 16.2. The molecule has 2 N–H and O–H groups in total. The highest BCUT2D eigenvalue weighted by molar-refractivity contribution is 7.18. The lowest BCUT2D eigenvalue weighted by molar-refractivity contribution is 0.0346. The lowest BCUT2D eigenvalue weighted by Gasteiger charge is -2.26. The quantitative estimate of drug-likeness (QED) is 0.838. The van der Waals surface area contributed by atoms with E-state index in [9.17, 15) is 4.79 Å². The van der Waals surface area contributed by atoms with Crippen molar-refractivity contribution in [2.75, 3.05) is 38.6 Å². The summed E-state index contributed by atoms with van der Waals surface area (Å²) in [7, 11) is 0. The molecule has 1 fully saturated rings. The number of esters is 1. The van der Waals surface area contributed by atoms with Crippen LogP contribution in [0.3, 0.4) is 0 Å². The normalized spacial score (nSPS) is 15.7. The van der Waals surface area contributed by atoms with E-state index in [0.717, 1.165) is 48.2 Å². The van der Waals surface area contributed by atoms with Gasteiger partial charge in [0.15, 0.2) is 0 Å². The molecule has 3 heterocycles. The Labute approximate surface area is 143 Å². The summed E-state index contributed by atoms with van der Waals surface area (Å²) in [6.07, 6.45) is 0. The van der Waals surface area contributed by atoms with Gasteiger partial charge >= 0.3 is 5.97 Å². The molecule has 1 aliphatic rings. The number of hydrogen-bond acceptors (Lipinski definition) is 7. The third-order valence-electron chi connectivity index (χ3n) is 3.73. The fourth-order valence-corrected chi connectivity index (χ4v) is 4.64. The smallest absolute Gasteiger partial charge is 0.341 e. The van der Waals surface area contributed by atoms with E-state index in [1.165, 1.54) is 11.3 Å². The van der Waals surface area contributed by atoms with Crippen LogP contribution < -0.4 is 5.73 Å². The molecule has 2 aromatic rings. The monoisotopic (exact) mass is 352 g/mol. The van der Waals surface area contributed by atoms with Gasteiger partial charge in [0.25, 0.3) is 0 Å². The minimum atomic E-state index is -0.335. The van der Waals surface area contributed by atoms with Crippen LogP contribution in [0.2, 0.25) is 0 Å². The average Bonchev–Trinajstić information content (AvgIpc) is 3.16. The molecular weight excluding hydrogens is 332 g/mol. The number of carbonyl (C=O) groups is 1. The van der Waals surface area contributed by atoms with Gasteiger partial charge in [-0.3, -0.25) is 4.90 Å². The molecule has 0 aromatic carbocycles. The van der Waals surface area contributed by atoms with E-state index in [0.29, 0.717) is 17.2 Å². The predicted octanol–water partition coefficient (Wildman–Crippen LogP) is 3.07. The van der Waals surface area contributed by atoms with E-state index in [-0.39, 0.29) is 5.97 Å². The van der Waals surface area contributed by atoms with E-state index in [2.05, 4.69) is 4.90 Å². The number of morpholine rings is 1. The van der Waals surface area contributed by atoms with Gasteiger partial charge in [-0.2, -0.15) is 0 Å². The van der Waals surface area contributed by atoms with Gasteiger partial charge in [-0.15, -0.1) is 22.7 Å². The fourth-order valence-electron chi connectivity index (χ4n) is 2.66. The largest absolute Gasteiger partial charge is 0.462 e. The lowest BCUT2D eigenvalue weighted by atomic mass is 10.1. The van der Waals surface area contributed by atoms with Crippen LogP contribution in [0.25, 0.3) is 10.4 Å². The Morgan fingerprint density at radius 2 is 2.22 bits per heavy atom. The van der Waals surface area contributed by atoms with E-state index in [1.807, 2.05) is 17.5 Å². The van der Waals surface area contributed by atoms with Crippen LogP contribution >= 0.6 is 22.7 Å². The Balaban J connectivity index is 1.98. The van der Waals surface area contributed by atoms with Crippen molar-refractivity contribution in [1.29, 1.82) is 0 Å². The lowest BCUT2D eigenvalue weighted by Crippen LogP contribution is -2.35. The van der Waals surface area contributed by atoms with Crippen molar-refractivity contribution in [3.05, 3.63) is 28.0 Å². The van der Waals surface area contributed by atoms with Gasteiger partial charge in [0.1, 0.15) is 10.6 Å². The molecule has 0 bridgehead atoms. The highest BCUT2D eigenvalue weighted by atomic mass is 32.1. The molecule has 5 nitrogen and oxygen atoms in total. The van der Waals surface area contributed by atoms with Gasteiger partial charge in [-0.05, 0) is 18.4 Å². The van der Waals surface area contributed by atoms with E-state index in [4.69, 9.17) is 15.2 Å². The topological polar surface area (TPSA) is 64.8 Å². The summed E-state index contributed by atoms with van der Waals surface area (Å²) in [5.74, 6) is -0.335. The summed E-state index contributed by atoms with van der Waals surface area (Å²) < 4.78 is 10.6. The minimum absolute atomic E-state index is 0.335. The van der Waals surface area contributed by atoms with Crippen molar-refractivity contribution in [2.24, 2.45) is 0 Å². The van der Waals surface area contributed by atoms with Crippen LogP contribution in [-0.4, -0.2) is 43.8 Å². The van der Waals surface area contributed by atoms with Crippen LogP contribution in [0.1, 0.15) is 22.2 Å². The number of rotatable bonds is 5. The first-order valence-corrected chi connectivity index (χ1v) is 9.32. The van der Waals surface area contributed by atoms with Crippen molar-refractivity contribution in [2.45, 2.75) is 13.5 Å². The molecule has 2 aromatic heterocycles. The standard InChI is InChI=1S/C16H20N2O3S2/c1-2-21-16(19)14-13(11-4-3-9-22-11)12(23-15(14)17)10-18-5-7-20-8-6-18/h3-4,9H,2,5-8,10,17H2,1H3. The van der Waals surface area contributed by atoms with Gasteiger partial charge < -0.3 is 15.2 Å². The second-order valence-corrected chi connectivity index (χ2v) is 7.31. The zero-order valence-electron chi connectivity index (χ0n) is 13.0. The van der Waals surface area contributed by atoms with E-state index >= 15 is 0 Å². The molecule has 0 aliphatic carbocycles. The Hall–Kier alpha value is -1.41. The number of thiophene rings is 2. The highest BCUT2D eigenvalue weighted by Gasteiger charge is 2.26. The number of anilines is 1. The van der Waals surface area contributed by atoms with Gasteiger partial charge in [0, 0.05) is 35.0 Å². The molecule has 23 heavy (non-hydrogen) atoms. The minimum Gasteiger partial charge on any atom is -0.462 e. The SMILES string of the molecule is CCOC(=O)c1c(N)sc(CN2CCOCC2)c1-c1cccs1. The first-order chi connectivity index (χ1) is 11.2. The number of nitrogens with two attached hydrogens (primary N) is 1. The van der Waals surface area contributed by atoms with Crippen molar-refractivity contribution < 1.29 is 14.3 Å². The van der Waals surface area contributed by atoms with Gasteiger partial charge in [-0.25, -0.2) is 4.79 Å². The molecule has 3 rings (SSSR count). The molecule has 0 atom stereocenters. The summed E-state index contributed by atoms with van der Waals surface area (Å²) >= 11 is 3.10. The molecule has 0 radical (unpaired) electrons. The second kappa shape index (κ2) is 7.44. The number of ether oxygens (including phenoxy) is 2. The summed E-state index contributed by atoms with van der Waals surface area (Å²) in [5, 5.41) is 2.55. The first-order valence-electron chi connectivity index (χ1n) is 7.63. The van der Waals surface area contributed by atoms with Crippen molar-refractivity contribution in [1.82, 2.24) is 4.90 Å². The third kappa shape index (κ3) is 3.58. The average molecular weight is 352 g/mol. The number of nitrogen functional groups attached to an aromatic ring is 1. The van der Waals surface area contributed by atoms with Crippen molar-refractivity contribution in [3.63, 3.8) is 0 Å². The Kier molecular flexibility index (Phi) is 5.32. The fraction of sp³-hybridized carbons (Fsp3) is 0.438. The molecule has 0 unspecified atom stereocenters. The maximum absolute atomic E-state index is 12.4. The van der Waals surface area contributed by atoms with E-state index in [1.54, 1.807) is 18.3 Å². The Bertz CT molecular complexity index is 661. The van der Waals surface area contributed by atoms with E-state index < -0.39 is 0 Å². The van der Waals surface area contributed by atoms with Crippen molar-refractivity contribution in [3.8, 4) is 10.4 Å². The number of hydrogen-bond donors (Lipinski definition) is 1. The molecular formula is C16H20N2O3S2. The summed E-state index contributed by atoms with van der Waals surface area (Å²) in [6, 6.07) is 4.01. The zero-order valence-corrected chi connectivity index (χ0v) is 14.7. The summed E-state index contributed by atoms with van der Waals surface area (Å²) in [4.78, 5) is 16.9. The van der Waals surface area contributed by atoms with Gasteiger partial charge in [-0.1, -0.05) is 6.07 Å². The van der Waals surface area contributed by atoms with Crippen LogP contribution in [0, 0.1) is 0 Å². The molecule has 124 valence electrons. The van der Waals surface area contributed by atoms with Gasteiger partial charge in [0.2, 0.25) is 0 Å². The first kappa shape index (κ1) is 16.4. The predicted molar refractivity (Wildman–Crippen MR) is 94.1 cm³/mol. The molecule has 0 amide bonds. The van der Waals surface area contributed by atoms with Crippen LogP contribution in [-0.2, 0) is 16.0 Å². The van der Waals surface area contributed by atoms with Crippen LogP contribution in [0.15, 0.2) is 17.5 Å². The number of carbonyl (C=O) groups excluding carboxylic acids is 1.